The summed E-state index contributed by atoms with van der Waals surface area (Å²) in [6.45, 7) is 9.75. The minimum atomic E-state index is 0.562. The summed E-state index contributed by atoms with van der Waals surface area (Å²) < 4.78 is 2.15. The van der Waals surface area contributed by atoms with Crippen LogP contribution in [0.5, 0.6) is 0 Å². The number of fused-ring (bicyclic) bond motifs is 1. The van der Waals surface area contributed by atoms with E-state index in [1.807, 2.05) is 45.3 Å². The van der Waals surface area contributed by atoms with Crippen LogP contribution >= 0.6 is 0 Å². The van der Waals surface area contributed by atoms with E-state index in [0.29, 0.717) is 5.71 Å². The molecule has 4 heteroatoms. The Morgan fingerprint density at radius 3 is 2.55 bits per heavy atom. The lowest BCUT2D eigenvalue weighted by molar-refractivity contribution is 0.315. The molecule has 29 heavy (non-hydrogen) atoms. The molecule has 0 amide bonds. The first-order valence-corrected chi connectivity index (χ1v) is 10.3. The number of hydrogen-bond acceptors (Lipinski definition) is 3. The molecule has 1 saturated carbocycles. The van der Waals surface area contributed by atoms with Crippen LogP contribution in [0.3, 0.4) is 0 Å². The van der Waals surface area contributed by atoms with Gasteiger partial charge in [0.05, 0.1) is 11.0 Å². The Labute approximate surface area is 172 Å². The molecule has 0 bridgehead atoms. The zero-order chi connectivity index (χ0) is 20.5. The van der Waals surface area contributed by atoms with Crippen molar-refractivity contribution in [2.24, 2.45) is 5.92 Å². The molecule has 4 rings (SSSR count). The second-order valence-electron chi connectivity index (χ2n) is 8.27. The standard InChI is InChI=1S/C25H28N4/c1-5-18-9-10-23(27-13-18)29-15-21(11-19-7-6-8-19)25-22(29)12-20(14-28-25)24(16(2)3)17(4)26/h5,9-10,12-15,19,26H,1,6-8,11H2,2-4H3. The van der Waals surface area contributed by atoms with Gasteiger partial charge in [0, 0.05) is 35.4 Å². The van der Waals surface area contributed by atoms with Gasteiger partial charge in [0.2, 0.25) is 0 Å². The van der Waals surface area contributed by atoms with Crippen LogP contribution in [0, 0.1) is 11.3 Å². The molecule has 3 aromatic rings. The van der Waals surface area contributed by atoms with E-state index in [2.05, 4.69) is 28.4 Å². The minimum Gasteiger partial charge on any atom is -0.305 e. The number of hydrogen-bond donors (Lipinski definition) is 1. The molecular weight excluding hydrogens is 356 g/mol. The molecule has 0 unspecified atom stereocenters. The van der Waals surface area contributed by atoms with Gasteiger partial charge in [-0.3, -0.25) is 9.55 Å². The summed E-state index contributed by atoms with van der Waals surface area (Å²) in [5, 5.41) is 8.21. The van der Waals surface area contributed by atoms with E-state index in [1.165, 1.54) is 24.8 Å². The fourth-order valence-electron chi connectivity index (χ4n) is 4.20. The van der Waals surface area contributed by atoms with Gasteiger partial charge in [-0.05, 0) is 62.4 Å². The Balaban J connectivity index is 1.89. The highest BCUT2D eigenvalue weighted by atomic mass is 15.1. The fraction of sp³-hybridized carbons (Fsp3) is 0.320. The second kappa shape index (κ2) is 7.78. The van der Waals surface area contributed by atoms with Crippen molar-refractivity contribution in [2.45, 2.75) is 46.5 Å². The van der Waals surface area contributed by atoms with Crippen LogP contribution in [0.15, 0.2) is 48.9 Å². The molecule has 1 aliphatic carbocycles. The van der Waals surface area contributed by atoms with Crippen LogP contribution in [0.25, 0.3) is 28.5 Å². The number of aromatic nitrogens is 3. The summed E-state index contributed by atoms with van der Waals surface area (Å²) in [7, 11) is 0. The number of pyridine rings is 2. The van der Waals surface area contributed by atoms with E-state index in [0.717, 1.165) is 51.5 Å². The molecule has 1 N–H and O–H groups in total. The van der Waals surface area contributed by atoms with Crippen molar-refractivity contribution < 1.29 is 0 Å². The molecule has 0 atom stereocenters. The van der Waals surface area contributed by atoms with Crippen LogP contribution in [0.2, 0.25) is 0 Å². The molecule has 3 aromatic heterocycles. The monoisotopic (exact) mass is 384 g/mol. The van der Waals surface area contributed by atoms with Crippen LogP contribution in [0.4, 0.5) is 0 Å². The summed E-state index contributed by atoms with van der Waals surface area (Å²) in [6, 6.07) is 6.23. The van der Waals surface area contributed by atoms with E-state index >= 15 is 0 Å². The first-order valence-electron chi connectivity index (χ1n) is 10.3. The minimum absolute atomic E-state index is 0.562. The van der Waals surface area contributed by atoms with Crippen molar-refractivity contribution in [1.82, 2.24) is 14.5 Å². The van der Waals surface area contributed by atoms with Crippen LogP contribution < -0.4 is 0 Å². The summed E-state index contributed by atoms with van der Waals surface area (Å²) in [5.41, 5.74) is 8.03. The highest BCUT2D eigenvalue weighted by Gasteiger charge is 2.22. The van der Waals surface area contributed by atoms with E-state index < -0.39 is 0 Å². The average molecular weight is 385 g/mol. The van der Waals surface area contributed by atoms with Crippen molar-refractivity contribution in [3.8, 4) is 5.82 Å². The third-order valence-corrected chi connectivity index (χ3v) is 5.87. The number of nitrogens with one attached hydrogen (secondary N) is 1. The summed E-state index contributed by atoms with van der Waals surface area (Å²) in [6.07, 6.45) is 12.8. The van der Waals surface area contributed by atoms with Gasteiger partial charge in [-0.2, -0.15) is 0 Å². The van der Waals surface area contributed by atoms with Crippen molar-refractivity contribution in [3.63, 3.8) is 0 Å². The Morgan fingerprint density at radius 1 is 1.21 bits per heavy atom. The maximum absolute atomic E-state index is 8.21. The molecular formula is C25H28N4. The first kappa shape index (κ1) is 19.3. The van der Waals surface area contributed by atoms with Gasteiger partial charge in [-0.25, -0.2) is 4.98 Å². The predicted molar refractivity (Wildman–Crippen MR) is 122 cm³/mol. The van der Waals surface area contributed by atoms with Gasteiger partial charge in [0.25, 0.3) is 0 Å². The molecule has 4 nitrogen and oxygen atoms in total. The molecule has 148 valence electrons. The highest BCUT2D eigenvalue weighted by molar-refractivity contribution is 6.22. The molecule has 0 saturated heterocycles. The second-order valence-corrected chi connectivity index (χ2v) is 8.27. The average Bonchev–Trinajstić information content (AvgIpc) is 3.02. The lowest BCUT2D eigenvalue weighted by Crippen LogP contribution is -2.13. The normalized spacial score (nSPS) is 13.9. The molecule has 1 aliphatic rings. The quantitative estimate of drug-likeness (QED) is 0.511. The van der Waals surface area contributed by atoms with E-state index in [1.54, 1.807) is 6.08 Å². The van der Waals surface area contributed by atoms with Crippen LogP contribution in [-0.2, 0) is 6.42 Å². The van der Waals surface area contributed by atoms with Crippen molar-refractivity contribution in [3.05, 3.63) is 65.6 Å². The SMILES string of the molecule is C=Cc1ccc(-n2cc(CC3CCC3)c3ncc(C(C(C)=N)=C(C)C)cc32)nc1. The highest BCUT2D eigenvalue weighted by Crippen LogP contribution is 2.34. The van der Waals surface area contributed by atoms with E-state index in [9.17, 15) is 0 Å². The zero-order valence-electron chi connectivity index (χ0n) is 17.5. The third-order valence-electron chi connectivity index (χ3n) is 5.87. The van der Waals surface area contributed by atoms with Gasteiger partial charge >= 0.3 is 0 Å². The smallest absolute Gasteiger partial charge is 0.137 e. The van der Waals surface area contributed by atoms with E-state index in [4.69, 9.17) is 10.4 Å². The number of nitrogens with zero attached hydrogens (tertiary/aromatic N) is 3. The lowest BCUT2D eigenvalue weighted by Gasteiger charge is -2.24. The maximum Gasteiger partial charge on any atom is 0.137 e. The maximum atomic E-state index is 8.21. The van der Waals surface area contributed by atoms with Gasteiger partial charge in [-0.1, -0.05) is 37.5 Å². The summed E-state index contributed by atoms with van der Waals surface area (Å²) in [5.74, 6) is 1.65. The lowest BCUT2D eigenvalue weighted by atomic mass is 9.81. The van der Waals surface area contributed by atoms with E-state index in [-0.39, 0.29) is 0 Å². The number of rotatable bonds is 6. The third kappa shape index (κ3) is 3.67. The predicted octanol–water partition coefficient (Wildman–Crippen LogP) is 6.24. The molecule has 1 fully saturated rings. The Bertz CT molecular complexity index is 1110. The van der Waals surface area contributed by atoms with Crippen LogP contribution in [-0.4, -0.2) is 20.2 Å². The fourth-order valence-corrected chi connectivity index (χ4v) is 4.20. The first-order chi connectivity index (χ1) is 14.0. The molecule has 0 aliphatic heterocycles. The molecule has 3 heterocycles. The Hall–Kier alpha value is -3.01. The van der Waals surface area contributed by atoms with Crippen molar-refractivity contribution >= 4 is 28.4 Å². The Morgan fingerprint density at radius 2 is 2.00 bits per heavy atom. The van der Waals surface area contributed by atoms with Gasteiger partial charge in [-0.15, -0.1) is 0 Å². The summed E-state index contributed by atoms with van der Waals surface area (Å²) in [4.78, 5) is 9.51. The zero-order valence-corrected chi connectivity index (χ0v) is 17.5. The number of allylic oxidation sites excluding steroid dienone is 2. The summed E-state index contributed by atoms with van der Waals surface area (Å²) >= 11 is 0. The van der Waals surface area contributed by atoms with Gasteiger partial charge in [0.1, 0.15) is 5.82 Å². The van der Waals surface area contributed by atoms with Crippen molar-refractivity contribution in [2.75, 3.05) is 0 Å². The Kier molecular flexibility index (Phi) is 5.18. The topological polar surface area (TPSA) is 54.6 Å². The van der Waals surface area contributed by atoms with Gasteiger partial charge < -0.3 is 5.41 Å². The van der Waals surface area contributed by atoms with Gasteiger partial charge in [0.15, 0.2) is 0 Å². The molecule has 0 aromatic carbocycles. The molecule has 0 spiro atoms. The largest absolute Gasteiger partial charge is 0.305 e. The molecule has 0 radical (unpaired) electrons. The van der Waals surface area contributed by atoms with Crippen LogP contribution in [0.1, 0.15) is 56.7 Å². The van der Waals surface area contributed by atoms with Crippen molar-refractivity contribution in [1.29, 1.82) is 5.41 Å².